The summed E-state index contributed by atoms with van der Waals surface area (Å²) >= 11 is 0. The second-order valence-corrected chi connectivity index (χ2v) is 3.68. The molecule has 0 amide bonds. The molecule has 3 N–H and O–H groups in total. The van der Waals surface area contributed by atoms with Crippen molar-refractivity contribution in [2.45, 2.75) is 18.9 Å². The fraction of sp³-hybridized carbons (Fsp3) is 0.500. The molecule has 0 aliphatic carbocycles. The maximum Gasteiger partial charge on any atom is 0.0787 e. The largest absolute Gasteiger partial charge is 0.397 e. The van der Waals surface area contributed by atoms with E-state index < -0.39 is 0 Å². The van der Waals surface area contributed by atoms with E-state index in [0.29, 0.717) is 6.54 Å². The maximum absolute atomic E-state index is 9.53. The van der Waals surface area contributed by atoms with E-state index in [-0.39, 0.29) is 6.10 Å². The predicted molar refractivity (Wildman–Crippen MR) is 56.1 cm³/mol. The standard InChI is InChI=1S/C10H15N3O/c11-9-3-4-12-6-10(9)13-5-1-2-8(14)7-13/h3-4,6,8,14H,1-2,5,7H2,(H2,11,12). The Labute approximate surface area is 83.4 Å². The van der Waals surface area contributed by atoms with Crippen LogP contribution in [0.25, 0.3) is 0 Å². The van der Waals surface area contributed by atoms with Crippen LogP contribution in [-0.2, 0) is 0 Å². The van der Waals surface area contributed by atoms with Gasteiger partial charge in [-0.1, -0.05) is 0 Å². The van der Waals surface area contributed by atoms with Gasteiger partial charge in [0.25, 0.3) is 0 Å². The molecule has 0 spiro atoms. The van der Waals surface area contributed by atoms with Gasteiger partial charge in [-0.05, 0) is 18.9 Å². The van der Waals surface area contributed by atoms with Gasteiger partial charge >= 0.3 is 0 Å². The second-order valence-electron chi connectivity index (χ2n) is 3.68. The van der Waals surface area contributed by atoms with Gasteiger partial charge in [-0.3, -0.25) is 4.98 Å². The average molecular weight is 193 g/mol. The lowest BCUT2D eigenvalue weighted by Gasteiger charge is -2.32. The molecule has 1 aliphatic rings. The van der Waals surface area contributed by atoms with Crippen LogP contribution in [0.15, 0.2) is 18.5 Å². The molecule has 1 unspecified atom stereocenters. The Kier molecular flexibility index (Phi) is 2.54. The zero-order valence-electron chi connectivity index (χ0n) is 8.06. The monoisotopic (exact) mass is 193 g/mol. The van der Waals surface area contributed by atoms with Crippen molar-refractivity contribution in [3.63, 3.8) is 0 Å². The predicted octanol–water partition coefficient (Wildman–Crippen LogP) is 0.625. The first-order valence-electron chi connectivity index (χ1n) is 4.90. The van der Waals surface area contributed by atoms with E-state index in [2.05, 4.69) is 9.88 Å². The number of pyridine rings is 1. The van der Waals surface area contributed by atoms with Gasteiger partial charge in [-0.2, -0.15) is 0 Å². The van der Waals surface area contributed by atoms with Crippen LogP contribution in [0.5, 0.6) is 0 Å². The molecule has 2 heterocycles. The van der Waals surface area contributed by atoms with Gasteiger partial charge in [-0.15, -0.1) is 0 Å². The quantitative estimate of drug-likeness (QED) is 0.686. The topological polar surface area (TPSA) is 62.4 Å². The first-order chi connectivity index (χ1) is 6.77. The molecular formula is C10H15N3O. The van der Waals surface area contributed by atoms with E-state index in [1.165, 1.54) is 0 Å². The molecule has 0 radical (unpaired) electrons. The third-order valence-electron chi connectivity index (χ3n) is 2.57. The summed E-state index contributed by atoms with van der Waals surface area (Å²) in [6.07, 6.45) is 5.10. The summed E-state index contributed by atoms with van der Waals surface area (Å²) in [6.45, 7) is 1.61. The highest BCUT2D eigenvalue weighted by atomic mass is 16.3. The molecule has 2 rings (SSSR count). The van der Waals surface area contributed by atoms with E-state index in [0.717, 1.165) is 30.8 Å². The van der Waals surface area contributed by atoms with Crippen LogP contribution >= 0.6 is 0 Å². The Balaban J connectivity index is 2.18. The van der Waals surface area contributed by atoms with E-state index in [9.17, 15) is 5.11 Å². The van der Waals surface area contributed by atoms with Crippen LogP contribution < -0.4 is 10.6 Å². The zero-order valence-corrected chi connectivity index (χ0v) is 8.06. The SMILES string of the molecule is Nc1ccncc1N1CCCC(O)C1. The van der Waals surface area contributed by atoms with Gasteiger partial charge in [0.2, 0.25) is 0 Å². The Morgan fingerprint density at radius 2 is 2.43 bits per heavy atom. The smallest absolute Gasteiger partial charge is 0.0787 e. The fourth-order valence-electron chi connectivity index (χ4n) is 1.83. The third-order valence-corrected chi connectivity index (χ3v) is 2.57. The highest BCUT2D eigenvalue weighted by Crippen LogP contribution is 2.24. The summed E-state index contributed by atoms with van der Waals surface area (Å²) in [5.41, 5.74) is 7.50. The van der Waals surface area contributed by atoms with Crippen molar-refractivity contribution < 1.29 is 5.11 Å². The van der Waals surface area contributed by atoms with Crippen LogP contribution in [0.2, 0.25) is 0 Å². The van der Waals surface area contributed by atoms with Gasteiger partial charge in [0.15, 0.2) is 0 Å². The Morgan fingerprint density at radius 3 is 3.14 bits per heavy atom. The highest BCUT2D eigenvalue weighted by molar-refractivity contribution is 5.66. The maximum atomic E-state index is 9.53. The molecule has 76 valence electrons. The van der Waals surface area contributed by atoms with Crippen molar-refractivity contribution in [2.75, 3.05) is 23.7 Å². The molecule has 1 fully saturated rings. The molecule has 0 bridgehead atoms. The first-order valence-corrected chi connectivity index (χ1v) is 4.90. The van der Waals surface area contributed by atoms with Crippen molar-refractivity contribution in [3.05, 3.63) is 18.5 Å². The summed E-state index contributed by atoms with van der Waals surface area (Å²) in [6, 6.07) is 1.79. The minimum Gasteiger partial charge on any atom is -0.397 e. The Morgan fingerprint density at radius 1 is 1.57 bits per heavy atom. The number of nitrogens with two attached hydrogens (primary N) is 1. The number of piperidine rings is 1. The highest BCUT2D eigenvalue weighted by Gasteiger charge is 2.19. The molecule has 14 heavy (non-hydrogen) atoms. The molecule has 1 aromatic rings. The molecular weight excluding hydrogens is 178 g/mol. The molecule has 4 heteroatoms. The normalized spacial score (nSPS) is 22.4. The lowest BCUT2D eigenvalue weighted by molar-refractivity contribution is 0.154. The minimum atomic E-state index is -0.233. The van der Waals surface area contributed by atoms with Gasteiger partial charge in [0, 0.05) is 19.3 Å². The summed E-state index contributed by atoms with van der Waals surface area (Å²) < 4.78 is 0. The summed E-state index contributed by atoms with van der Waals surface area (Å²) in [7, 11) is 0. The van der Waals surface area contributed by atoms with E-state index in [4.69, 9.17) is 5.73 Å². The van der Waals surface area contributed by atoms with Crippen LogP contribution in [0, 0.1) is 0 Å². The number of hydrogen-bond donors (Lipinski definition) is 2. The number of nitrogens with zero attached hydrogens (tertiary/aromatic N) is 2. The molecule has 1 aliphatic heterocycles. The van der Waals surface area contributed by atoms with Gasteiger partial charge in [0.05, 0.1) is 23.7 Å². The summed E-state index contributed by atoms with van der Waals surface area (Å²) in [4.78, 5) is 6.14. The van der Waals surface area contributed by atoms with E-state index >= 15 is 0 Å². The zero-order chi connectivity index (χ0) is 9.97. The van der Waals surface area contributed by atoms with Gasteiger partial charge in [0.1, 0.15) is 0 Å². The van der Waals surface area contributed by atoms with Crippen molar-refractivity contribution in [1.82, 2.24) is 4.98 Å². The minimum absolute atomic E-state index is 0.233. The molecule has 1 aromatic heterocycles. The van der Waals surface area contributed by atoms with Gasteiger partial charge in [-0.25, -0.2) is 0 Å². The van der Waals surface area contributed by atoms with Gasteiger partial charge < -0.3 is 15.7 Å². The lowest BCUT2D eigenvalue weighted by Crippen LogP contribution is -2.38. The number of nitrogen functional groups attached to an aromatic ring is 1. The average Bonchev–Trinajstić information content (AvgIpc) is 2.18. The van der Waals surface area contributed by atoms with Crippen LogP contribution in [0.4, 0.5) is 11.4 Å². The molecule has 4 nitrogen and oxygen atoms in total. The third kappa shape index (κ3) is 1.80. The number of anilines is 2. The van der Waals surface area contributed by atoms with E-state index in [1.807, 2.05) is 0 Å². The molecule has 0 saturated carbocycles. The Bertz CT molecular complexity index is 316. The lowest BCUT2D eigenvalue weighted by atomic mass is 10.1. The van der Waals surface area contributed by atoms with Crippen LogP contribution in [-0.4, -0.2) is 29.3 Å². The van der Waals surface area contributed by atoms with Crippen molar-refractivity contribution >= 4 is 11.4 Å². The number of β-amino-alcohol motifs (C(OH)–C–C–N with tert-alkyl or cyclic N) is 1. The first kappa shape index (κ1) is 9.27. The van der Waals surface area contributed by atoms with E-state index in [1.54, 1.807) is 18.5 Å². The Hall–Kier alpha value is -1.29. The van der Waals surface area contributed by atoms with Crippen molar-refractivity contribution in [3.8, 4) is 0 Å². The molecule has 1 atom stereocenters. The fourth-order valence-corrected chi connectivity index (χ4v) is 1.83. The van der Waals surface area contributed by atoms with Crippen molar-refractivity contribution in [2.24, 2.45) is 0 Å². The number of aliphatic hydroxyl groups is 1. The second kappa shape index (κ2) is 3.84. The van der Waals surface area contributed by atoms with Crippen LogP contribution in [0.1, 0.15) is 12.8 Å². The van der Waals surface area contributed by atoms with Crippen LogP contribution in [0.3, 0.4) is 0 Å². The molecule has 0 aromatic carbocycles. The summed E-state index contributed by atoms with van der Waals surface area (Å²) in [5.74, 6) is 0. The van der Waals surface area contributed by atoms with Crippen molar-refractivity contribution in [1.29, 1.82) is 0 Å². The number of rotatable bonds is 1. The number of hydrogen-bond acceptors (Lipinski definition) is 4. The molecule has 1 saturated heterocycles. The summed E-state index contributed by atoms with van der Waals surface area (Å²) in [5, 5.41) is 9.53. The number of aromatic nitrogens is 1. The number of aliphatic hydroxyl groups excluding tert-OH is 1.